The molecule has 0 bridgehead atoms. The van der Waals surface area contributed by atoms with Crippen molar-refractivity contribution in [3.63, 3.8) is 0 Å². The highest BCUT2D eigenvalue weighted by molar-refractivity contribution is 7.11. The molecule has 2 N–H and O–H groups in total. The molecule has 0 amide bonds. The molecule has 2 fully saturated rings. The Labute approximate surface area is 142 Å². The van der Waals surface area contributed by atoms with Crippen molar-refractivity contribution in [2.24, 2.45) is 11.8 Å². The van der Waals surface area contributed by atoms with Gasteiger partial charge in [-0.3, -0.25) is 4.79 Å². The van der Waals surface area contributed by atoms with Gasteiger partial charge in [0.15, 0.2) is 0 Å². The van der Waals surface area contributed by atoms with E-state index >= 15 is 0 Å². The molecule has 1 heterocycles. The lowest BCUT2D eigenvalue weighted by Gasteiger charge is -2.26. The minimum atomic E-state index is -0.615. The number of nitrogens with one attached hydrogen (secondary N) is 1. The predicted molar refractivity (Wildman–Crippen MR) is 92.7 cm³/mol. The molecule has 23 heavy (non-hydrogen) atoms. The number of thiazole rings is 1. The Morgan fingerprint density at radius 3 is 2.61 bits per heavy atom. The molecule has 0 spiro atoms. The predicted octanol–water partition coefficient (Wildman–Crippen LogP) is 4.17. The molecule has 0 aliphatic heterocycles. The number of nitrogens with zero attached hydrogens (tertiary/aromatic N) is 1. The highest BCUT2D eigenvalue weighted by Crippen LogP contribution is 2.34. The molecule has 2 aliphatic rings. The second-order valence-corrected chi connectivity index (χ2v) is 8.33. The number of aromatic nitrogens is 1. The molecule has 3 rings (SSSR count). The van der Waals surface area contributed by atoms with Crippen LogP contribution in [0.2, 0.25) is 0 Å². The van der Waals surface area contributed by atoms with Gasteiger partial charge >= 0.3 is 5.97 Å². The first-order valence-corrected chi connectivity index (χ1v) is 9.92. The van der Waals surface area contributed by atoms with Crippen LogP contribution in [0.15, 0.2) is 6.20 Å². The number of aliphatic carboxylic acids is 1. The molecule has 2 saturated carbocycles. The number of hydrogen-bond acceptors (Lipinski definition) is 4. The van der Waals surface area contributed by atoms with E-state index in [1.807, 2.05) is 17.5 Å². The average molecular weight is 337 g/mol. The van der Waals surface area contributed by atoms with Gasteiger partial charge in [0, 0.05) is 23.5 Å². The summed E-state index contributed by atoms with van der Waals surface area (Å²) in [6, 6.07) is 0. The van der Waals surface area contributed by atoms with E-state index < -0.39 is 5.97 Å². The van der Waals surface area contributed by atoms with Crippen LogP contribution >= 0.6 is 11.3 Å². The van der Waals surface area contributed by atoms with E-state index in [9.17, 15) is 4.79 Å². The summed E-state index contributed by atoms with van der Waals surface area (Å²) in [5.41, 5.74) is 0. The highest BCUT2D eigenvalue weighted by Gasteiger charge is 2.25. The Morgan fingerprint density at radius 2 is 1.91 bits per heavy atom. The second-order valence-electron chi connectivity index (χ2n) is 7.19. The lowest BCUT2D eigenvalue weighted by Crippen LogP contribution is -2.28. The Kier molecular flexibility index (Phi) is 6.06. The van der Waals surface area contributed by atoms with Gasteiger partial charge < -0.3 is 10.4 Å². The molecule has 4 nitrogen and oxygen atoms in total. The van der Waals surface area contributed by atoms with Crippen molar-refractivity contribution in [1.82, 2.24) is 10.3 Å². The summed E-state index contributed by atoms with van der Waals surface area (Å²) in [4.78, 5) is 17.0. The van der Waals surface area contributed by atoms with Gasteiger partial charge in [0.05, 0.1) is 10.9 Å². The van der Waals surface area contributed by atoms with Crippen molar-refractivity contribution < 1.29 is 9.90 Å². The van der Waals surface area contributed by atoms with Crippen LogP contribution in [0.3, 0.4) is 0 Å². The first-order valence-electron chi connectivity index (χ1n) is 9.10. The van der Waals surface area contributed by atoms with Crippen LogP contribution in [0.5, 0.6) is 0 Å². The smallest absolute Gasteiger partial charge is 0.306 e. The molecule has 0 aromatic carbocycles. The van der Waals surface area contributed by atoms with Crippen LogP contribution in [0.1, 0.15) is 73.6 Å². The Balaban J connectivity index is 1.38. The third-order valence-corrected chi connectivity index (χ3v) is 6.61. The topological polar surface area (TPSA) is 62.2 Å². The number of hydrogen-bond donors (Lipinski definition) is 2. The van der Waals surface area contributed by atoms with Crippen LogP contribution in [0.25, 0.3) is 0 Å². The van der Waals surface area contributed by atoms with E-state index in [0.717, 1.165) is 38.8 Å². The fourth-order valence-electron chi connectivity index (χ4n) is 3.96. The SMILES string of the molecule is O=C(O)C1CCC(CNCc2cnc(C3CCCCC3)s2)CC1. The minimum Gasteiger partial charge on any atom is -0.481 e. The van der Waals surface area contributed by atoms with Crippen LogP contribution in [-0.4, -0.2) is 22.6 Å². The van der Waals surface area contributed by atoms with E-state index in [4.69, 9.17) is 5.11 Å². The molecule has 5 heteroatoms. The first-order chi connectivity index (χ1) is 11.2. The van der Waals surface area contributed by atoms with Crippen LogP contribution < -0.4 is 5.32 Å². The van der Waals surface area contributed by atoms with Crippen molar-refractivity contribution in [3.05, 3.63) is 16.1 Å². The van der Waals surface area contributed by atoms with Gasteiger partial charge in [-0.25, -0.2) is 4.98 Å². The average Bonchev–Trinajstić information content (AvgIpc) is 3.05. The van der Waals surface area contributed by atoms with Crippen molar-refractivity contribution in [2.75, 3.05) is 6.54 Å². The lowest BCUT2D eigenvalue weighted by molar-refractivity contribution is -0.143. The van der Waals surface area contributed by atoms with Gasteiger partial charge in [-0.05, 0) is 51.0 Å². The largest absolute Gasteiger partial charge is 0.481 e. The van der Waals surface area contributed by atoms with E-state index in [2.05, 4.69) is 10.3 Å². The third kappa shape index (κ3) is 4.77. The fourth-order valence-corrected chi connectivity index (χ4v) is 5.01. The maximum Gasteiger partial charge on any atom is 0.306 e. The zero-order valence-corrected chi connectivity index (χ0v) is 14.6. The molecule has 0 saturated heterocycles. The first kappa shape index (κ1) is 16.9. The molecular weight excluding hydrogens is 308 g/mol. The quantitative estimate of drug-likeness (QED) is 0.818. The zero-order valence-electron chi connectivity index (χ0n) is 13.8. The Hall–Kier alpha value is -0.940. The van der Waals surface area contributed by atoms with Gasteiger partial charge in [-0.2, -0.15) is 0 Å². The number of carboxylic acids is 1. The Morgan fingerprint density at radius 1 is 1.17 bits per heavy atom. The summed E-state index contributed by atoms with van der Waals surface area (Å²) in [5.74, 6) is 0.618. The van der Waals surface area contributed by atoms with Crippen molar-refractivity contribution >= 4 is 17.3 Å². The molecular formula is C18H28N2O2S. The standard InChI is InChI=1S/C18H28N2O2S/c21-18(22)15-8-6-13(7-9-15)10-19-11-16-12-20-17(23-16)14-4-2-1-3-5-14/h12-15,19H,1-11H2,(H,21,22). The maximum atomic E-state index is 11.0. The molecule has 0 atom stereocenters. The van der Waals surface area contributed by atoms with Crippen molar-refractivity contribution in [1.29, 1.82) is 0 Å². The molecule has 1 aromatic rings. The number of rotatable bonds is 6. The zero-order chi connectivity index (χ0) is 16.1. The van der Waals surface area contributed by atoms with Gasteiger partial charge in [-0.15, -0.1) is 11.3 Å². The van der Waals surface area contributed by atoms with Gasteiger partial charge in [0.1, 0.15) is 0 Å². The monoisotopic (exact) mass is 336 g/mol. The van der Waals surface area contributed by atoms with Crippen LogP contribution in [0.4, 0.5) is 0 Å². The summed E-state index contributed by atoms with van der Waals surface area (Å²) in [7, 11) is 0. The molecule has 2 aliphatic carbocycles. The molecule has 128 valence electrons. The third-order valence-electron chi connectivity index (χ3n) is 5.45. The highest BCUT2D eigenvalue weighted by atomic mass is 32.1. The van der Waals surface area contributed by atoms with Gasteiger partial charge in [-0.1, -0.05) is 19.3 Å². The summed E-state index contributed by atoms with van der Waals surface area (Å²) in [5, 5.41) is 13.9. The molecule has 0 radical (unpaired) electrons. The van der Waals surface area contributed by atoms with E-state index in [-0.39, 0.29) is 5.92 Å². The van der Waals surface area contributed by atoms with Crippen LogP contribution in [-0.2, 0) is 11.3 Å². The van der Waals surface area contributed by atoms with E-state index in [1.165, 1.54) is 42.0 Å². The summed E-state index contributed by atoms with van der Waals surface area (Å²) < 4.78 is 0. The summed E-state index contributed by atoms with van der Waals surface area (Å²) in [6.07, 6.45) is 12.5. The fraction of sp³-hybridized carbons (Fsp3) is 0.778. The Bertz CT molecular complexity index is 503. The van der Waals surface area contributed by atoms with Crippen molar-refractivity contribution in [2.45, 2.75) is 70.3 Å². The molecule has 0 unspecified atom stereocenters. The van der Waals surface area contributed by atoms with E-state index in [1.54, 1.807) is 0 Å². The number of carbonyl (C=O) groups is 1. The number of carboxylic acid groups (broad SMARTS) is 1. The minimum absolute atomic E-state index is 0.106. The van der Waals surface area contributed by atoms with Gasteiger partial charge in [0.2, 0.25) is 0 Å². The summed E-state index contributed by atoms with van der Waals surface area (Å²) in [6.45, 7) is 1.91. The van der Waals surface area contributed by atoms with Gasteiger partial charge in [0.25, 0.3) is 0 Å². The second kappa shape index (κ2) is 8.25. The van der Waals surface area contributed by atoms with Crippen LogP contribution in [0, 0.1) is 11.8 Å². The van der Waals surface area contributed by atoms with Crippen molar-refractivity contribution in [3.8, 4) is 0 Å². The normalized spacial score (nSPS) is 26.3. The van der Waals surface area contributed by atoms with E-state index in [0.29, 0.717) is 11.8 Å². The maximum absolute atomic E-state index is 11.0. The lowest BCUT2D eigenvalue weighted by atomic mass is 9.82. The summed E-state index contributed by atoms with van der Waals surface area (Å²) >= 11 is 1.88. The molecule has 1 aromatic heterocycles.